The molecule has 3 aromatic rings. The molecule has 0 radical (unpaired) electrons. The molecule has 0 saturated heterocycles. The van der Waals surface area contributed by atoms with E-state index in [9.17, 15) is 0 Å². The van der Waals surface area contributed by atoms with Crippen LogP contribution < -0.4 is 13.6 Å². The molecule has 0 fully saturated rings. The van der Waals surface area contributed by atoms with Gasteiger partial charge >= 0.3 is 8.60 Å². The Morgan fingerprint density at radius 1 is 0.435 bits per heavy atom. The fourth-order valence-electron chi connectivity index (χ4n) is 1.76. The Bertz CT molecular complexity index is 582. The van der Waals surface area contributed by atoms with Gasteiger partial charge < -0.3 is 13.6 Å². The van der Waals surface area contributed by atoms with Crippen LogP contribution in [0.1, 0.15) is 0 Å². The summed E-state index contributed by atoms with van der Waals surface area (Å²) in [6.45, 7) is 0. The zero-order valence-electron chi connectivity index (χ0n) is 12.1. The van der Waals surface area contributed by atoms with Crippen molar-refractivity contribution in [2.75, 3.05) is 0 Å². The monoisotopic (exact) mass is 368 g/mol. The fraction of sp³-hybridized carbons (Fsp3) is 0. The van der Waals surface area contributed by atoms with Gasteiger partial charge in [-0.25, -0.2) is 0 Å². The molecule has 0 aliphatic carbocycles. The fourth-order valence-corrected chi connectivity index (χ4v) is 2.75. The van der Waals surface area contributed by atoms with Crippen molar-refractivity contribution in [3.05, 3.63) is 91.0 Å². The Hall–Kier alpha value is -2.02. The van der Waals surface area contributed by atoms with Gasteiger partial charge in [-0.15, -0.1) is 0 Å². The van der Waals surface area contributed by atoms with E-state index in [0.717, 1.165) is 0 Å². The van der Waals surface area contributed by atoms with E-state index in [1.807, 2.05) is 91.0 Å². The molecule has 0 amide bonds. The van der Waals surface area contributed by atoms with Crippen LogP contribution in [-0.2, 0) is 16.5 Å². The van der Waals surface area contributed by atoms with Crippen molar-refractivity contribution in [1.29, 1.82) is 0 Å². The Kier molecular flexibility index (Phi) is 6.93. The zero-order valence-corrected chi connectivity index (χ0v) is 14.0. The van der Waals surface area contributed by atoms with Gasteiger partial charge in [-0.2, -0.15) is 0 Å². The number of rotatable bonds is 6. The minimum atomic E-state index is -1.59. The number of benzene rings is 3. The van der Waals surface area contributed by atoms with Gasteiger partial charge in [0.25, 0.3) is 0 Å². The topological polar surface area (TPSA) is 27.7 Å². The van der Waals surface area contributed by atoms with Gasteiger partial charge in [-0.3, -0.25) is 0 Å². The maximum Gasteiger partial charge on any atom is 0.530 e. The molecule has 0 aliphatic rings. The molecule has 0 aliphatic heterocycles. The van der Waals surface area contributed by atoms with Gasteiger partial charge in [0.2, 0.25) is 0 Å². The van der Waals surface area contributed by atoms with Gasteiger partial charge in [0, 0.05) is 16.5 Å². The van der Waals surface area contributed by atoms with Crippen LogP contribution in [0.5, 0.6) is 17.2 Å². The van der Waals surface area contributed by atoms with Crippen LogP contribution >= 0.6 is 8.60 Å². The summed E-state index contributed by atoms with van der Waals surface area (Å²) in [7, 11) is -1.59. The SMILES string of the molecule is [Ni].c1ccc(OP(Oc2ccccc2)Oc2ccccc2)cc1. The second-order valence-electron chi connectivity index (χ2n) is 4.44. The largest absolute Gasteiger partial charge is 0.530 e. The first kappa shape index (κ1) is 17.3. The molecule has 3 rings (SSSR count). The first-order valence-corrected chi connectivity index (χ1v) is 7.99. The molecule has 3 aromatic carbocycles. The molecule has 0 atom stereocenters. The van der Waals surface area contributed by atoms with Crippen molar-refractivity contribution >= 4 is 8.60 Å². The minimum absolute atomic E-state index is 0. The predicted octanol–water partition coefficient (Wildman–Crippen LogP) is 5.45. The summed E-state index contributed by atoms with van der Waals surface area (Å²) in [6.07, 6.45) is 0. The van der Waals surface area contributed by atoms with E-state index in [2.05, 4.69) is 0 Å². The third-order valence-electron chi connectivity index (χ3n) is 2.77. The molecular weight excluding hydrogens is 354 g/mol. The summed E-state index contributed by atoms with van der Waals surface area (Å²) in [6, 6.07) is 28.5. The van der Waals surface area contributed by atoms with Crippen LogP contribution in [0.25, 0.3) is 0 Å². The Morgan fingerprint density at radius 2 is 0.696 bits per heavy atom. The third kappa shape index (κ3) is 5.60. The van der Waals surface area contributed by atoms with Crippen LogP contribution in [0.4, 0.5) is 0 Å². The molecule has 0 heterocycles. The molecule has 0 saturated carbocycles. The molecule has 0 aromatic heterocycles. The second-order valence-corrected chi connectivity index (χ2v) is 5.43. The summed E-state index contributed by atoms with van der Waals surface area (Å²) < 4.78 is 17.5. The van der Waals surface area contributed by atoms with Crippen LogP contribution in [-0.4, -0.2) is 0 Å². The average molecular weight is 369 g/mol. The van der Waals surface area contributed by atoms with Crippen molar-refractivity contribution in [1.82, 2.24) is 0 Å². The van der Waals surface area contributed by atoms with E-state index >= 15 is 0 Å². The first-order valence-electron chi connectivity index (χ1n) is 6.89. The molecular formula is C18H15NiO3P. The van der Waals surface area contributed by atoms with Gasteiger partial charge in [0.15, 0.2) is 0 Å². The zero-order chi connectivity index (χ0) is 15.0. The van der Waals surface area contributed by atoms with Crippen molar-refractivity contribution in [2.24, 2.45) is 0 Å². The quantitative estimate of drug-likeness (QED) is 0.427. The van der Waals surface area contributed by atoms with Crippen molar-refractivity contribution in [3.8, 4) is 17.2 Å². The molecule has 23 heavy (non-hydrogen) atoms. The van der Waals surface area contributed by atoms with Crippen LogP contribution in [0.2, 0.25) is 0 Å². The van der Waals surface area contributed by atoms with E-state index in [1.54, 1.807) is 0 Å². The summed E-state index contributed by atoms with van der Waals surface area (Å²) in [5.74, 6) is 2.13. The van der Waals surface area contributed by atoms with Crippen molar-refractivity contribution in [2.45, 2.75) is 0 Å². The predicted molar refractivity (Wildman–Crippen MR) is 88.1 cm³/mol. The van der Waals surface area contributed by atoms with Gasteiger partial charge in [0.05, 0.1) is 0 Å². The van der Waals surface area contributed by atoms with Gasteiger partial charge in [-0.1, -0.05) is 54.6 Å². The van der Waals surface area contributed by atoms with E-state index in [0.29, 0.717) is 17.2 Å². The standard InChI is InChI=1S/C18H15O3P.Ni/c1-4-10-16(11-5-1)19-22(20-17-12-6-2-7-13-17)21-18-14-8-3-9-15-18;/h1-15H;. The molecule has 0 bridgehead atoms. The van der Waals surface area contributed by atoms with Gasteiger partial charge in [0.1, 0.15) is 17.2 Å². The Morgan fingerprint density at radius 3 is 0.957 bits per heavy atom. The summed E-state index contributed by atoms with van der Waals surface area (Å²) in [5, 5.41) is 0. The molecule has 0 spiro atoms. The van der Waals surface area contributed by atoms with Crippen LogP contribution in [0.3, 0.4) is 0 Å². The molecule has 5 heteroatoms. The third-order valence-corrected chi connectivity index (χ3v) is 3.85. The summed E-state index contributed by atoms with van der Waals surface area (Å²) in [4.78, 5) is 0. The van der Waals surface area contributed by atoms with Crippen molar-refractivity contribution in [3.63, 3.8) is 0 Å². The molecule has 0 N–H and O–H groups in total. The van der Waals surface area contributed by atoms with E-state index < -0.39 is 8.60 Å². The maximum absolute atomic E-state index is 5.84. The summed E-state index contributed by atoms with van der Waals surface area (Å²) in [5.41, 5.74) is 0. The van der Waals surface area contributed by atoms with E-state index in [-0.39, 0.29) is 16.5 Å². The first-order chi connectivity index (χ1) is 10.9. The molecule has 120 valence electrons. The van der Waals surface area contributed by atoms with Gasteiger partial charge in [-0.05, 0) is 36.4 Å². The summed E-state index contributed by atoms with van der Waals surface area (Å²) >= 11 is 0. The molecule has 3 nitrogen and oxygen atoms in total. The maximum atomic E-state index is 5.84. The Balaban J connectivity index is 0.00000192. The smallest absolute Gasteiger partial charge is 0.409 e. The number of para-hydroxylation sites is 3. The average Bonchev–Trinajstić information content (AvgIpc) is 2.57. The number of hydrogen-bond acceptors (Lipinski definition) is 3. The number of hydrogen-bond donors (Lipinski definition) is 0. The van der Waals surface area contributed by atoms with E-state index in [4.69, 9.17) is 13.6 Å². The van der Waals surface area contributed by atoms with Crippen LogP contribution in [0.15, 0.2) is 91.0 Å². The second kappa shape index (κ2) is 9.20. The van der Waals surface area contributed by atoms with Crippen molar-refractivity contribution < 1.29 is 30.1 Å². The Labute approximate surface area is 147 Å². The van der Waals surface area contributed by atoms with Crippen LogP contribution in [0, 0.1) is 0 Å². The van der Waals surface area contributed by atoms with E-state index in [1.165, 1.54) is 0 Å². The normalized spacial score (nSPS) is 9.78. The molecule has 0 unspecified atom stereocenters. The minimum Gasteiger partial charge on any atom is -0.409 e.